The molecule has 0 amide bonds. The fourth-order valence-electron chi connectivity index (χ4n) is 2.78. The van der Waals surface area contributed by atoms with Crippen molar-refractivity contribution in [2.75, 3.05) is 36.0 Å². The van der Waals surface area contributed by atoms with Gasteiger partial charge in [0.15, 0.2) is 0 Å². The average Bonchev–Trinajstić information content (AvgIpc) is 3.09. The molecule has 0 bridgehead atoms. The summed E-state index contributed by atoms with van der Waals surface area (Å²) in [6.07, 6.45) is 3.67. The summed E-state index contributed by atoms with van der Waals surface area (Å²) in [6.45, 7) is 2.84. The fourth-order valence-corrected chi connectivity index (χ4v) is 4.01. The van der Waals surface area contributed by atoms with Crippen LogP contribution in [0.1, 0.15) is 31.0 Å². The van der Waals surface area contributed by atoms with Gasteiger partial charge in [-0.2, -0.15) is 16.7 Å². The zero-order valence-electron chi connectivity index (χ0n) is 10.6. The first-order valence-corrected chi connectivity index (χ1v) is 7.97. The van der Waals surface area contributed by atoms with E-state index in [1.807, 2.05) is 11.8 Å². The molecule has 0 aliphatic carbocycles. The lowest BCUT2D eigenvalue weighted by molar-refractivity contribution is 0.419. The van der Waals surface area contributed by atoms with Crippen molar-refractivity contribution in [3.63, 3.8) is 0 Å². The first-order valence-electron chi connectivity index (χ1n) is 6.82. The number of thioether (sulfide) groups is 1. The highest BCUT2D eigenvalue weighted by molar-refractivity contribution is 7.99. The van der Waals surface area contributed by atoms with E-state index in [-0.39, 0.29) is 0 Å². The summed E-state index contributed by atoms with van der Waals surface area (Å²) in [4.78, 5) is 6.97. The second-order valence-electron chi connectivity index (χ2n) is 5.27. The maximum Gasteiger partial charge on any atom is 0.244 e. The van der Waals surface area contributed by atoms with Crippen LogP contribution in [-0.2, 0) is 0 Å². The van der Waals surface area contributed by atoms with Gasteiger partial charge in [-0.1, -0.05) is 0 Å². The van der Waals surface area contributed by atoms with Crippen LogP contribution in [0.3, 0.4) is 0 Å². The maximum atomic E-state index is 5.77. The van der Waals surface area contributed by atoms with Gasteiger partial charge in [-0.05, 0) is 37.5 Å². The summed E-state index contributed by atoms with van der Waals surface area (Å²) in [5.41, 5.74) is 5.77. The zero-order chi connectivity index (χ0) is 12.4. The third-order valence-corrected chi connectivity index (χ3v) is 5.10. The van der Waals surface area contributed by atoms with E-state index in [1.54, 1.807) is 0 Å². The molecule has 1 aromatic rings. The highest BCUT2D eigenvalue weighted by atomic mass is 32.2. The van der Waals surface area contributed by atoms with E-state index in [9.17, 15) is 0 Å². The van der Waals surface area contributed by atoms with E-state index < -0.39 is 0 Å². The Morgan fingerprint density at radius 1 is 1.44 bits per heavy atom. The van der Waals surface area contributed by atoms with Gasteiger partial charge in [-0.15, -0.1) is 5.10 Å². The molecule has 5 nitrogen and oxygen atoms in total. The van der Waals surface area contributed by atoms with Crippen LogP contribution >= 0.6 is 11.8 Å². The van der Waals surface area contributed by atoms with Crippen LogP contribution in [-0.4, -0.2) is 46.3 Å². The molecule has 2 aliphatic heterocycles. The largest absolute Gasteiger partial charge is 0.339 e. The quantitative estimate of drug-likeness (QED) is 0.861. The molecule has 0 saturated carbocycles. The number of anilines is 1. The van der Waals surface area contributed by atoms with Crippen LogP contribution in [0.4, 0.5) is 5.95 Å². The minimum atomic E-state index is 0.575. The molecule has 6 heteroatoms. The van der Waals surface area contributed by atoms with Gasteiger partial charge in [-0.3, -0.25) is 5.10 Å². The van der Waals surface area contributed by atoms with Crippen LogP contribution in [0.15, 0.2) is 0 Å². The van der Waals surface area contributed by atoms with E-state index in [0.29, 0.717) is 11.8 Å². The van der Waals surface area contributed by atoms with Gasteiger partial charge in [0.2, 0.25) is 5.95 Å². The van der Waals surface area contributed by atoms with Gasteiger partial charge in [0, 0.05) is 24.8 Å². The summed E-state index contributed by atoms with van der Waals surface area (Å²) in [5, 5.41) is 7.52. The molecule has 2 unspecified atom stereocenters. The summed E-state index contributed by atoms with van der Waals surface area (Å²) >= 11 is 2.01. The number of nitrogens with two attached hydrogens (primary N) is 1. The highest BCUT2D eigenvalue weighted by Crippen LogP contribution is 2.31. The molecule has 3 N–H and O–H groups in total. The molecule has 3 heterocycles. The maximum absolute atomic E-state index is 5.77. The molecular weight excluding hydrogens is 246 g/mol. The van der Waals surface area contributed by atoms with Crippen molar-refractivity contribution in [2.45, 2.75) is 25.2 Å². The number of hydrogen-bond acceptors (Lipinski definition) is 5. The topological polar surface area (TPSA) is 70.8 Å². The molecule has 0 radical (unpaired) electrons. The van der Waals surface area contributed by atoms with Gasteiger partial charge >= 0.3 is 0 Å². The molecular formula is C12H21N5S. The Bertz CT molecular complexity index is 388. The van der Waals surface area contributed by atoms with Gasteiger partial charge in [0.1, 0.15) is 5.82 Å². The molecule has 0 spiro atoms. The number of rotatable bonds is 3. The Morgan fingerprint density at radius 3 is 3.17 bits per heavy atom. The minimum absolute atomic E-state index is 0.575. The normalized spacial score (nSPS) is 28.8. The second-order valence-corrected chi connectivity index (χ2v) is 6.42. The summed E-state index contributed by atoms with van der Waals surface area (Å²) in [5.74, 6) is 5.55. The third kappa shape index (κ3) is 2.49. The Labute approximate surface area is 112 Å². The van der Waals surface area contributed by atoms with E-state index in [2.05, 4.69) is 20.1 Å². The van der Waals surface area contributed by atoms with E-state index >= 15 is 0 Å². The number of piperidine rings is 1. The lowest BCUT2D eigenvalue weighted by Gasteiger charge is -2.31. The van der Waals surface area contributed by atoms with Gasteiger partial charge in [-0.25, -0.2) is 0 Å². The van der Waals surface area contributed by atoms with Crippen LogP contribution in [0.25, 0.3) is 0 Å². The Balaban J connectivity index is 1.68. The third-order valence-electron chi connectivity index (χ3n) is 3.94. The van der Waals surface area contributed by atoms with Crippen molar-refractivity contribution < 1.29 is 0 Å². The number of hydrogen-bond donors (Lipinski definition) is 2. The van der Waals surface area contributed by atoms with Crippen molar-refractivity contribution >= 4 is 17.7 Å². The standard InChI is InChI=1S/C12H21N5S/c13-6-9-2-1-4-17(7-9)12-14-11(15-16-12)10-3-5-18-8-10/h9-10H,1-8,13H2,(H,14,15,16). The number of nitrogens with one attached hydrogen (secondary N) is 1. The second kappa shape index (κ2) is 5.48. The van der Waals surface area contributed by atoms with Crippen LogP contribution < -0.4 is 10.6 Å². The molecule has 0 aromatic carbocycles. The molecule has 100 valence electrons. The predicted molar refractivity (Wildman–Crippen MR) is 75.1 cm³/mol. The van der Waals surface area contributed by atoms with E-state index in [4.69, 9.17) is 5.73 Å². The Morgan fingerprint density at radius 2 is 2.39 bits per heavy atom. The van der Waals surface area contributed by atoms with Crippen molar-refractivity contribution in [1.29, 1.82) is 0 Å². The minimum Gasteiger partial charge on any atom is -0.339 e. The number of H-pyrrole nitrogens is 1. The monoisotopic (exact) mass is 267 g/mol. The summed E-state index contributed by atoms with van der Waals surface area (Å²) < 4.78 is 0. The number of aromatic amines is 1. The Hall–Kier alpha value is -0.750. The van der Waals surface area contributed by atoms with E-state index in [0.717, 1.165) is 31.4 Å². The molecule has 3 rings (SSSR count). The lowest BCUT2D eigenvalue weighted by Crippen LogP contribution is -2.39. The average molecular weight is 267 g/mol. The number of nitrogens with zero attached hydrogens (tertiary/aromatic N) is 3. The van der Waals surface area contributed by atoms with Gasteiger partial charge < -0.3 is 10.6 Å². The molecule has 18 heavy (non-hydrogen) atoms. The van der Waals surface area contributed by atoms with Crippen LogP contribution in [0, 0.1) is 5.92 Å². The summed E-state index contributed by atoms with van der Waals surface area (Å²) in [7, 11) is 0. The first-order chi connectivity index (χ1) is 8.86. The van der Waals surface area contributed by atoms with Gasteiger partial charge in [0.05, 0.1) is 0 Å². The Kier molecular flexibility index (Phi) is 3.75. The fraction of sp³-hybridized carbons (Fsp3) is 0.833. The molecule has 2 fully saturated rings. The summed E-state index contributed by atoms with van der Waals surface area (Å²) in [6, 6.07) is 0. The molecule has 2 aliphatic rings. The number of aromatic nitrogens is 3. The van der Waals surface area contributed by atoms with E-state index in [1.165, 1.54) is 30.8 Å². The highest BCUT2D eigenvalue weighted by Gasteiger charge is 2.25. The molecule has 1 aromatic heterocycles. The van der Waals surface area contributed by atoms with Crippen molar-refractivity contribution in [2.24, 2.45) is 11.7 Å². The van der Waals surface area contributed by atoms with Crippen LogP contribution in [0.5, 0.6) is 0 Å². The van der Waals surface area contributed by atoms with Crippen LogP contribution in [0.2, 0.25) is 0 Å². The van der Waals surface area contributed by atoms with Crippen molar-refractivity contribution in [3.05, 3.63) is 5.82 Å². The molecule has 2 saturated heterocycles. The zero-order valence-corrected chi connectivity index (χ0v) is 11.5. The predicted octanol–water partition coefficient (Wildman–Crippen LogP) is 1.20. The van der Waals surface area contributed by atoms with Gasteiger partial charge in [0.25, 0.3) is 0 Å². The van der Waals surface area contributed by atoms with Crippen molar-refractivity contribution in [3.8, 4) is 0 Å². The SMILES string of the molecule is NCC1CCCN(c2n[nH]c(C3CCSC3)n2)C1. The van der Waals surface area contributed by atoms with Crippen molar-refractivity contribution in [1.82, 2.24) is 15.2 Å². The first kappa shape index (κ1) is 12.3. The molecule has 2 atom stereocenters. The lowest BCUT2D eigenvalue weighted by atomic mass is 9.99. The smallest absolute Gasteiger partial charge is 0.244 e.